The smallest absolute Gasteiger partial charge is 0.135 e. The van der Waals surface area contributed by atoms with E-state index in [-0.39, 0.29) is 0 Å². The summed E-state index contributed by atoms with van der Waals surface area (Å²) in [4.78, 5) is 0. The van der Waals surface area contributed by atoms with Gasteiger partial charge in [0.25, 0.3) is 0 Å². The zero-order valence-electron chi connectivity index (χ0n) is 10.3. The molecular weight excluding hydrogens is 341 g/mol. The maximum atomic E-state index is 5.95. The molecule has 0 atom stereocenters. The molecule has 1 aromatic heterocycles. The van der Waals surface area contributed by atoms with Crippen LogP contribution in [0.4, 0.5) is 5.82 Å². The van der Waals surface area contributed by atoms with E-state index < -0.39 is 0 Å². The minimum atomic E-state index is 0.666. The minimum absolute atomic E-state index is 0.666. The predicted octanol–water partition coefficient (Wildman–Crippen LogP) is 2.85. The van der Waals surface area contributed by atoms with Gasteiger partial charge in [-0.25, -0.2) is 4.68 Å². The molecule has 96 valence electrons. The lowest BCUT2D eigenvalue weighted by atomic mass is 10.3. The van der Waals surface area contributed by atoms with Crippen molar-refractivity contribution in [1.82, 2.24) is 9.78 Å². The van der Waals surface area contributed by atoms with Crippen molar-refractivity contribution in [3.05, 3.63) is 39.6 Å². The lowest BCUT2D eigenvalue weighted by molar-refractivity contribution is 0.299. The molecule has 2 N–H and O–H groups in total. The molecule has 0 fully saturated rings. The molecule has 4 nitrogen and oxygen atoms in total. The molecule has 0 spiro atoms. The van der Waals surface area contributed by atoms with E-state index in [4.69, 9.17) is 10.5 Å². The van der Waals surface area contributed by atoms with E-state index in [1.807, 2.05) is 41.9 Å². The molecule has 0 aliphatic rings. The molecule has 0 aliphatic heterocycles. The molecule has 5 heteroatoms. The van der Waals surface area contributed by atoms with E-state index in [1.54, 1.807) is 0 Å². The number of nitrogens with two attached hydrogens (primary N) is 1. The summed E-state index contributed by atoms with van der Waals surface area (Å²) in [7, 11) is 0. The largest absolute Gasteiger partial charge is 0.494 e. The van der Waals surface area contributed by atoms with Gasteiger partial charge in [-0.15, -0.1) is 0 Å². The van der Waals surface area contributed by atoms with Crippen molar-refractivity contribution in [1.29, 1.82) is 0 Å². The third-order valence-corrected chi connectivity index (χ3v) is 3.95. The second-order valence-corrected chi connectivity index (χ2v) is 5.10. The van der Waals surface area contributed by atoms with Crippen molar-refractivity contribution in [3.8, 4) is 5.75 Å². The Hall–Kier alpha value is -1.24. The van der Waals surface area contributed by atoms with Gasteiger partial charge >= 0.3 is 0 Å². The van der Waals surface area contributed by atoms with E-state index in [9.17, 15) is 0 Å². The molecule has 0 saturated carbocycles. The van der Waals surface area contributed by atoms with Gasteiger partial charge in [0.1, 0.15) is 11.6 Å². The second kappa shape index (κ2) is 6.08. The summed E-state index contributed by atoms with van der Waals surface area (Å²) >= 11 is 2.22. The van der Waals surface area contributed by atoms with Gasteiger partial charge in [-0.1, -0.05) is 18.2 Å². The van der Waals surface area contributed by atoms with Crippen LogP contribution in [0.1, 0.15) is 12.1 Å². The first-order valence-corrected chi connectivity index (χ1v) is 6.92. The van der Waals surface area contributed by atoms with Crippen LogP contribution >= 0.6 is 22.6 Å². The highest BCUT2D eigenvalue weighted by Gasteiger charge is 2.08. The minimum Gasteiger partial charge on any atom is -0.494 e. The Bertz CT molecular complexity index is 510. The predicted molar refractivity (Wildman–Crippen MR) is 80.6 cm³/mol. The molecule has 0 amide bonds. The highest BCUT2D eigenvalue weighted by Crippen LogP contribution is 2.18. The molecule has 2 aromatic rings. The van der Waals surface area contributed by atoms with Gasteiger partial charge in [0.15, 0.2) is 0 Å². The van der Waals surface area contributed by atoms with E-state index >= 15 is 0 Å². The lowest BCUT2D eigenvalue weighted by Gasteiger charge is -2.07. The summed E-state index contributed by atoms with van der Waals surface area (Å²) in [6.45, 7) is 3.41. The number of benzene rings is 1. The standard InChI is InChI=1S/C13H16IN3O/c1-10-12(14)13(15)17(16-10)8-5-9-18-11-6-3-2-4-7-11/h2-4,6-7H,5,8-9,15H2,1H3. The molecule has 0 bridgehead atoms. The SMILES string of the molecule is Cc1nn(CCCOc2ccccc2)c(N)c1I. The average Bonchev–Trinajstić information content (AvgIpc) is 2.64. The van der Waals surface area contributed by atoms with Crippen molar-refractivity contribution in [2.75, 3.05) is 12.3 Å². The van der Waals surface area contributed by atoms with Crippen LogP contribution in [0.2, 0.25) is 0 Å². The van der Waals surface area contributed by atoms with Crippen LogP contribution in [0.15, 0.2) is 30.3 Å². The number of anilines is 1. The fraction of sp³-hybridized carbons (Fsp3) is 0.308. The first-order valence-electron chi connectivity index (χ1n) is 5.84. The van der Waals surface area contributed by atoms with E-state index in [1.165, 1.54) is 0 Å². The Labute approximate surface area is 120 Å². The van der Waals surface area contributed by atoms with Gasteiger partial charge < -0.3 is 10.5 Å². The van der Waals surface area contributed by atoms with Crippen LogP contribution in [0.3, 0.4) is 0 Å². The first kappa shape index (κ1) is 13.2. The van der Waals surface area contributed by atoms with Crippen molar-refractivity contribution in [2.24, 2.45) is 0 Å². The Morgan fingerprint density at radius 1 is 1.33 bits per heavy atom. The molecule has 1 heterocycles. The molecule has 0 unspecified atom stereocenters. The summed E-state index contributed by atoms with van der Waals surface area (Å²) in [6.07, 6.45) is 0.885. The van der Waals surface area contributed by atoms with Crippen LogP contribution in [0, 0.1) is 10.5 Å². The highest BCUT2D eigenvalue weighted by molar-refractivity contribution is 14.1. The number of nitrogens with zero attached hydrogens (tertiary/aromatic N) is 2. The fourth-order valence-electron chi connectivity index (χ4n) is 1.67. The Kier molecular flexibility index (Phi) is 4.46. The molecule has 2 rings (SSSR count). The molecule has 18 heavy (non-hydrogen) atoms. The molecule has 0 radical (unpaired) electrons. The zero-order chi connectivity index (χ0) is 13.0. The van der Waals surface area contributed by atoms with Gasteiger partial charge in [-0.3, -0.25) is 0 Å². The Balaban J connectivity index is 1.80. The highest BCUT2D eigenvalue weighted by atomic mass is 127. The summed E-state index contributed by atoms with van der Waals surface area (Å²) in [6, 6.07) is 9.81. The summed E-state index contributed by atoms with van der Waals surface area (Å²) < 4.78 is 8.50. The van der Waals surface area contributed by atoms with Crippen LogP contribution in [0.25, 0.3) is 0 Å². The maximum Gasteiger partial charge on any atom is 0.135 e. The van der Waals surface area contributed by atoms with Crippen molar-refractivity contribution in [3.63, 3.8) is 0 Å². The number of hydrogen-bond acceptors (Lipinski definition) is 3. The number of halogens is 1. The van der Waals surface area contributed by atoms with Gasteiger partial charge in [-0.05, 0) is 41.6 Å². The maximum absolute atomic E-state index is 5.95. The van der Waals surface area contributed by atoms with Gasteiger partial charge in [0, 0.05) is 13.0 Å². The molecule has 1 aromatic carbocycles. The third-order valence-electron chi connectivity index (χ3n) is 2.62. The number of aromatic nitrogens is 2. The third kappa shape index (κ3) is 3.16. The molecular formula is C13H16IN3O. The van der Waals surface area contributed by atoms with Gasteiger partial charge in [0.05, 0.1) is 15.9 Å². The molecule has 0 aliphatic carbocycles. The van der Waals surface area contributed by atoms with Crippen LogP contribution in [0.5, 0.6) is 5.75 Å². The topological polar surface area (TPSA) is 53.1 Å². The van der Waals surface area contributed by atoms with Gasteiger partial charge in [0.2, 0.25) is 0 Å². The van der Waals surface area contributed by atoms with Crippen molar-refractivity contribution >= 4 is 28.4 Å². The summed E-state index contributed by atoms with van der Waals surface area (Å²) in [5.41, 5.74) is 6.93. The van der Waals surface area contributed by atoms with Crippen molar-refractivity contribution < 1.29 is 4.74 Å². The van der Waals surface area contributed by atoms with E-state index in [0.29, 0.717) is 6.61 Å². The van der Waals surface area contributed by atoms with Gasteiger partial charge in [-0.2, -0.15) is 5.10 Å². The zero-order valence-corrected chi connectivity index (χ0v) is 12.4. The second-order valence-electron chi connectivity index (χ2n) is 4.02. The summed E-state index contributed by atoms with van der Waals surface area (Å²) in [5.74, 6) is 1.64. The van der Waals surface area contributed by atoms with Crippen LogP contribution in [-0.2, 0) is 6.54 Å². The number of aryl methyl sites for hydroxylation is 2. The van der Waals surface area contributed by atoms with Crippen molar-refractivity contribution in [2.45, 2.75) is 19.9 Å². The number of ether oxygens (including phenoxy) is 1. The van der Waals surface area contributed by atoms with E-state index in [0.717, 1.165) is 33.8 Å². The normalized spacial score (nSPS) is 10.6. The number of rotatable bonds is 5. The average molecular weight is 357 g/mol. The number of para-hydroxylation sites is 1. The fourth-order valence-corrected chi connectivity index (χ4v) is 2.06. The Morgan fingerprint density at radius 2 is 2.06 bits per heavy atom. The molecule has 0 saturated heterocycles. The van der Waals surface area contributed by atoms with E-state index in [2.05, 4.69) is 27.7 Å². The van der Waals surface area contributed by atoms with Crippen LogP contribution in [-0.4, -0.2) is 16.4 Å². The lowest BCUT2D eigenvalue weighted by Crippen LogP contribution is -2.08. The number of hydrogen-bond donors (Lipinski definition) is 1. The quantitative estimate of drug-likeness (QED) is 0.661. The summed E-state index contributed by atoms with van der Waals surface area (Å²) in [5, 5.41) is 4.38. The van der Waals surface area contributed by atoms with Crippen LogP contribution < -0.4 is 10.5 Å². The first-order chi connectivity index (χ1) is 8.68. The number of nitrogen functional groups attached to an aromatic ring is 1. The monoisotopic (exact) mass is 357 g/mol. The Morgan fingerprint density at radius 3 is 2.67 bits per heavy atom.